The number of anilines is 1. The van der Waals surface area contributed by atoms with Crippen LogP contribution < -0.4 is 19.9 Å². The second-order valence-corrected chi connectivity index (χ2v) is 4.43. The molecule has 1 aromatic carbocycles. The molecule has 21 heavy (non-hydrogen) atoms. The van der Waals surface area contributed by atoms with Gasteiger partial charge in [0.15, 0.2) is 11.5 Å². The normalized spacial score (nSPS) is 10.2. The van der Waals surface area contributed by atoms with E-state index in [1.54, 1.807) is 12.1 Å². The van der Waals surface area contributed by atoms with Crippen molar-refractivity contribution in [3.63, 3.8) is 0 Å². The highest BCUT2D eigenvalue weighted by Gasteiger charge is 2.17. The van der Waals surface area contributed by atoms with Gasteiger partial charge < -0.3 is 14.8 Å². The highest BCUT2D eigenvalue weighted by Crippen LogP contribution is 2.33. The Hall–Kier alpha value is -2.28. The number of carbonyl (C=O) groups excluding carboxylic acids is 2. The lowest BCUT2D eigenvalue weighted by molar-refractivity contribution is -0.122. The fourth-order valence-corrected chi connectivity index (χ4v) is 1.62. The van der Waals surface area contributed by atoms with Crippen molar-refractivity contribution in [3.05, 3.63) is 18.2 Å². The summed E-state index contributed by atoms with van der Waals surface area (Å²) in [5, 5.41) is 3.46. The van der Waals surface area contributed by atoms with Crippen molar-refractivity contribution in [1.82, 2.24) is 5.32 Å². The zero-order valence-electron chi connectivity index (χ0n) is 12.8. The first kappa shape index (κ1) is 16.8. The Morgan fingerprint density at radius 1 is 1.24 bits per heavy atom. The van der Waals surface area contributed by atoms with E-state index < -0.39 is 6.09 Å². The zero-order valence-corrected chi connectivity index (χ0v) is 12.8. The molecular weight excluding hydrogens is 276 g/mol. The Labute approximate surface area is 123 Å². The van der Waals surface area contributed by atoms with Gasteiger partial charge in [0.1, 0.15) is 0 Å². The molecule has 0 atom stereocenters. The summed E-state index contributed by atoms with van der Waals surface area (Å²) in [6, 6.07) is 4.71. The smallest absolute Gasteiger partial charge is 0.412 e. The monoisotopic (exact) mass is 296 g/mol. The van der Waals surface area contributed by atoms with E-state index in [4.69, 9.17) is 14.3 Å². The van der Waals surface area contributed by atoms with Crippen LogP contribution in [-0.4, -0.2) is 32.3 Å². The van der Waals surface area contributed by atoms with Crippen LogP contribution in [0.3, 0.4) is 0 Å². The molecule has 116 valence electrons. The molecule has 0 heterocycles. The van der Waals surface area contributed by atoms with Crippen molar-refractivity contribution < 1.29 is 23.9 Å². The maximum atomic E-state index is 11.5. The number of rotatable bonds is 5. The van der Waals surface area contributed by atoms with Crippen LogP contribution in [0, 0.1) is 0 Å². The molecule has 1 N–H and O–H groups in total. The highest BCUT2D eigenvalue weighted by molar-refractivity contribution is 5.89. The number of hydrogen-bond donors (Lipinski definition) is 1. The van der Waals surface area contributed by atoms with Crippen molar-refractivity contribution in [2.75, 3.05) is 19.2 Å². The van der Waals surface area contributed by atoms with Crippen molar-refractivity contribution >= 4 is 17.7 Å². The lowest BCUT2D eigenvalue weighted by Gasteiger charge is -2.20. The summed E-state index contributed by atoms with van der Waals surface area (Å²) >= 11 is 0. The number of amides is 2. The SMILES string of the molecule is CNC(=O)Oc1ccc(N(OC)C(C)=O)cc1OC(C)C. The predicted molar refractivity (Wildman–Crippen MR) is 77.5 cm³/mol. The van der Waals surface area contributed by atoms with E-state index in [9.17, 15) is 9.59 Å². The van der Waals surface area contributed by atoms with E-state index in [0.29, 0.717) is 11.4 Å². The molecule has 0 saturated heterocycles. The van der Waals surface area contributed by atoms with E-state index in [0.717, 1.165) is 5.06 Å². The maximum Gasteiger partial charge on any atom is 0.412 e. The van der Waals surface area contributed by atoms with Crippen molar-refractivity contribution in [3.8, 4) is 11.5 Å². The third-order valence-corrected chi connectivity index (χ3v) is 2.40. The summed E-state index contributed by atoms with van der Waals surface area (Å²) in [6.07, 6.45) is -0.730. The number of carbonyl (C=O) groups is 2. The van der Waals surface area contributed by atoms with Crippen LogP contribution in [-0.2, 0) is 9.63 Å². The first-order valence-electron chi connectivity index (χ1n) is 6.44. The van der Waals surface area contributed by atoms with Crippen LogP contribution in [0.1, 0.15) is 20.8 Å². The molecule has 7 heteroatoms. The summed E-state index contributed by atoms with van der Waals surface area (Å²) in [6.45, 7) is 5.06. The molecule has 0 radical (unpaired) electrons. The van der Waals surface area contributed by atoms with Gasteiger partial charge in [-0.2, -0.15) is 5.06 Å². The summed E-state index contributed by atoms with van der Waals surface area (Å²) in [7, 11) is 2.85. The Bertz CT molecular complexity index is 516. The average Bonchev–Trinajstić information content (AvgIpc) is 2.41. The largest absolute Gasteiger partial charge is 0.487 e. The fourth-order valence-electron chi connectivity index (χ4n) is 1.62. The van der Waals surface area contributed by atoms with Crippen molar-refractivity contribution in [2.24, 2.45) is 0 Å². The third kappa shape index (κ3) is 4.64. The zero-order chi connectivity index (χ0) is 16.0. The van der Waals surface area contributed by atoms with Gasteiger partial charge in [-0.05, 0) is 26.0 Å². The molecule has 0 spiro atoms. The molecule has 0 fully saturated rings. The molecule has 0 bridgehead atoms. The van der Waals surface area contributed by atoms with Crippen LogP contribution in [0.5, 0.6) is 11.5 Å². The van der Waals surface area contributed by atoms with Crippen molar-refractivity contribution in [1.29, 1.82) is 0 Å². The van der Waals surface area contributed by atoms with Crippen molar-refractivity contribution in [2.45, 2.75) is 26.9 Å². The number of nitrogens with zero attached hydrogens (tertiary/aromatic N) is 1. The van der Waals surface area contributed by atoms with Gasteiger partial charge in [0, 0.05) is 20.0 Å². The molecule has 1 aromatic rings. The molecule has 0 aliphatic heterocycles. The second-order valence-electron chi connectivity index (χ2n) is 4.43. The topological polar surface area (TPSA) is 77.1 Å². The molecule has 1 rings (SSSR count). The summed E-state index contributed by atoms with van der Waals surface area (Å²) < 4.78 is 10.7. The van der Waals surface area contributed by atoms with E-state index >= 15 is 0 Å². The standard InChI is InChI=1S/C14H20N2O5/c1-9(2)20-13-8-11(16(19-5)10(3)17)6-7-12(13)21-14(18)15-4/h6-9H,1-5H3,(H,15,18). The van der Waals surface area contributed by atoms with E-state index in [1.165, 1.54) is 27.1 Å². The fraction of sp³-hybridized carbons (Fsp3) is 0.429. The molecule has 0 unspecified atom stereocenters. The Morgan fingerprint density at radius 3 is 2.38 bits per heavy atom. The van der Waals surface area contributed by atoms with Crippen LogP contribution in [0.4, 0.5) is 10.5 Å². The summed E-state index contributed by atoms with van der Waals surface area (Å²) in [5.74, 6) is 0.314. The van der Waals surface area contributed by atoms with Crippen LogP contribution in [0.15, 0.2) is 18.2 Å². The quantitative estimate of drug-likeness (QED) is 0.842. The second kappa shape index (κ2) is 7.49. The maximum absolute atomic E-state index is 11.5. The van der Waals surface area contributed by atoms with E-state index in [1.807, 2.05) is 13.8 Å². The highest BCUT2D eigenvalue weighted by atomic mass is 16.7. The number of hydroxylamine groups is 1. The molecule has 0 aliphatic carbocycles. The molecular formula is C14H20N2O5. The molecule has 0 aliphatic rings. The molecule has 0 saturated carbocycles. The van der Waals surface area contributed by atoms with Gasteiger partial charge >= 0.3 is 6.09 Å². The summed E-state index contributed by atoms with van der Waals surface area (Å²) in [5.41, 5.74) is 0.477. The number of hydrogen-bond acceptors (Lipinski definition) is 5. The third-order valence-electron chi connectivity index (χ3n) is 2.40. The first-order chi connectivity index (χ1) is 9.88. The first-order valence-corrected chi connectivity index (χ1v) is 6.44. The van der Waals surface area contributed by atoms with Crippen LogP contribution in [0.2, 0.25) is 0 Å². The molecule has 0 aromatic heterocycles. The Balaban J connectivity index is 3.16. The number of benzene rings is 1. The average molecular weight is 296 g/mol. The number of nitrogens with one attached hydrogen (secondary N) is 1. The van der Waals surface area contributed by atoms with Gasteiger partial charge in [-0.15, -0.1) is 0 Å². The van der Waals surface area contributed by atoms with Gasteiger partial charge in [0.05, 0.1) is 18.9 Å². The Morgan fingerprint density at radius 2 is 1.90 bits per heavy atom. The van der Waals surface area contributed by atoms with Gasteiger partial charge in [0.2, 0.25) is 5.91 Å². The summed E-state index contributed by atoms with van der Waals surface area (Å²) in [4.78, 5) is 27.8. The lowest BCUT2D eigenvalue weighted by atomic mass is 10.2. The van der Waals surface area contributed by atoms with E-state index in [2.05, 4.69) is 5.32 Å². The molecule has 2 amide bonds. The van der Waals surface area contributed by atoms with Gasteiger partial charge in [-0.25, -0.2) is 4.79 Å². The number of ether oxygens (including phenoxy) is 2. The van der Waals surface area contributed by atoms with Crippen LogP contribution >= 0.6 is 0 Å². The minimum absolute atomic E-state index is 0.124. The van der Waals surface area contributed by atoms with Gasteiger partial charge in [0.25, 0.3) is 0 Å². The lowest BCUT2D eigenvalue weighted by Crippen LogP contribution is -2.27. The predicted octanol–water partition coefficient (Wildman–Crippen LogP) is 2.11. The van der Waals surface area contributed by atoms with Gasteiger partial charge in [-0.3, -0.25) is 9.63 Å². The van der Waals surface area contributed by atoms with E-state index in [-0.39, 0.29) is 17.8 Å². The Kier molecular flexibility index (Phi) is 5.98. The minimum atomic E-state index is -0.605. The molecule has 7 nitrogen and oxygen atoms in total. The van der Waals surface area contributed by atoms with Gasteiger partial charge in [-0.1, -0.05) is 0 Å². The van der Waals surface area contributed by atoms with Crippen LogP contribution in [0.25, 0.3) is 0 Å². The minimum Gasteiger partial charge on any atom is -0.487 e.